The van der Waals surface area contributed by atoms with Crippen molar-refractivity contribution < 1.29 is 0 Å². The van der Waals surface area contributed by atoms with E-state index in [0.29, 0.717) is 23.1 Å². The van der Waals surface area contributed by atoms with Gasteiger partial charge < -0.3 is 5.32 Å². The molecule has 6 heteroatoms. The average Bonchev–Trinajstić information content (AvgIpc) is 3.03. The van der Waals surface area contributed by atoms with Gasteiger partial charge in [0, 0.05) is 25.2 Å². The number of nitrogens with one attached hydrogen (secondary N) is 1. The average molecular weight is 341 g/mol. The van der Waals surface area contributed by atoms with Crippen LogP contribution in [0.5, 0.6) is 0 Å². The van der Waals surface area contributed by atoms with Crippen LogP contribution in [0.2, 0.25) is 0 Å². The zero-order chi connectivity index (χ0) is 14.1. The number of aromatic nitrogens is 2. The lowest BCUT2D eigenvalue weighted by Gasteiger charge is -2.22. The normalized spacial score (nSPS) is 25.9. The molecule has 0 saturated carbocycles. The fraction of sp³-hybridized carbons (Fsp3) is 0.714. The van der Waals surface area contributed by atoms with Crippen LogP contribution in [0.15, 0.2) is 15.5 Å². The van der Waals surface area contributed by atoms with E-state index in [0.717, 1.165) is 18.5 Å². The Kier molecular flexibility index (Phi) is 4.12. The van der Waals surface area contributed by atoms with Gasteiger partial charge >= 0.3 is 0 Å². The second-order valence-electron chi connectivity index (χ2n) is 5.69. The third-order valence-electron chi connectivity index (χ3n) is 4.37. The van der Waals surface area contributed by atoms with Crippen molar-refractivity contribution in [2.75, 3.05) is 18.4 Å². The third kappa shape index (κ3) is 2.51. The van der Waals surface area contributed by atoms with E-state index in [2.05, 4.69) is 31.2 Å². The first-order valence-corrected chi connectivity index (χ1v) is 8.26. The van der Waals surface area contributed by atoms with Crippen molar-refractivity contribution >= 4 is 21.6 Å². The molecule has 110 valence electrons. The Morgan fingerprint density at radius 2 is 2.30 bits per heavy atom. The number of fused-ring (bicyclic) bond motifs is 1. The standard InChI is InChI=1S/C14H21BrN4O/c1-2-6-19-14(20)13(15)11(9-16-19)17-10-5-8-18-7-3-4-12(10)18/h9-10,12,17H,2-8H2,1H3. The quantitative estimate of drug-likeness (QED) is 0.911. The lowest BCUT2D eigenvalue weighted by molar-refractivity contribution is 0.318. The van der Waals surface area contributed by atoms with Crippen molar-refractivity contribution in [2.24, 2.45) is 0 Å². The summed E-state index contributed by atoms with van der Waals surface area (Å²) >= 11 is 3.43. The predicted octanol–water partition coefficient (Wildman–Crippen LogP) is 2.06. The van der Waals surface area contributed by atoms with Crippen LogP contribution in [0.3, 0.4) is 0 Å². The van der Waals surface area contributed by atoms with Crippen LogP contribution >= 0.6 is 15.9 Å². The predicted molar refractivity (Wildman–Crippen MR) is 83.1 cm³/mol. The van der Waals surface area contributed by atoms with Gasteiger partial charge in [-0.3, -0.25) is 9.69 Å². The van der Waals surface area contributed by atoms with E-state index >= 15 is 0 Å². The molecule has 5 nitrogen and oxygen atoms in total. The highest BCUT2D eigenvalue weighted by Gasteiger charge is 2.37. The minimum atomic E-state index is -0.0434. The molecule has 2 aliphatic heterocycles. The maximum absolute atomic E-state index is 12.2. The SMILES string of the molecule is CCCn1ncc(NC2CCN3CCCC23)c(Br)c1=O. The largest absolute Gasteiger partial charge is 0.378 e. The van der Waals surface area contributed by atoms with Gasteiger partial charge in [0.2, 0.25) is 0 Å². The summed E-state index contributed by atoms with van der Waals surface area (Å²) in [4.78, 5) is 14.7. The second kappa shape index (κ2) is 5.85. The summed E-state index contributed by atoms with van der Waals surface area (Å²) in [6.45, 7) is 5.10. The molecule has 0 bridgehead atoms. The Morgan fingerprint density at radius 3 is 3.10 bits per heavy atom. The van der Waals surface area contributed by atoms with Crippen LogP contribution in [0, 0.1) is 0 Å². The second-order valence-corrected chi connectivity index (χ2v) is 6.48. The molecule has 0 radical (unpaired) electrons. The third-order valence-corrected chi connectivity index (χ3v) is 5.13. The Balaban J connectivity index is 1.78. The molecule has 0 spiro atoms. The van der Waals surface area contributed by atoms with Crippen molar-refractivity contribution in [1.29, 1.82) is 0 Å². The van der Waals surface area contributed by atoms with Crippen LogP contribution in [-0.4, -0.2) is 39.9 Å². The summed E-state index contributed by atoms with van der Waals surface area (Å²) in [6, 6.07) is 1.07. The van der Waals surface area contributed by atoms with Gasteiger partial charge in [0.05, 0.1) is 11.9 Å². The van der Waals surface area contributed by atoms with E-state index in [1.165, 1.54) is 30.6 Å². The molecule has 1 aromatic heterocycles. The molecule has 1 N–H and O–H groups in total. The molecule has 0 amide bonds. The first-order chi connectivity index (χ1) is 9.70. The van der Waals surface area contributed by atoms with E-state index in [1.54, 1.807) is 6.20 Å². The monoisotopic (exact) mass is 340 g/mol. The van der Waals surface area contributed by atoms with Crippen LogP contribution in [0.1, 0.15) is 32.6 Å². The van der Waals surface area contributed by atoms with Crippen molar-refractivity contribution in [3.8, 4) is 0 Å². The Hall–Kier alpha value is -0.880. The van der Waals surface area contributed by atoms with Crippen molar-refractivity contribution in [3.05, 3.63) is 21.0 Å². The van der Waals surface area contributed by atoms with Gasteiger partial charge in [0.1, 0.15) is 4.47 Å². The minimum Gasteiger partial charge on any atom is -0.378 e. The van der Waals surface area contributed by atoms with E-state index in [1.807, 2.05) is 6.92 Å². The molecule has 2 aliphatic rings. The fourth-order valence-corrected chi connectivity index (χ4v) is 3.81. The zero-order valence-electron chi connectivity index (χ0n) is 11.8. The van der Waals surface area contributed by atoms with Gasteiger partial charge in [0.25, 0.3) is 5.56 Å². The van der Waals surface area contributed by atoms with Crippen molar-refractivity contribution in [1.82, 2.24) is 14.7 Å². The first-order valence-electron chi connectivity index (χ1n) is 7.47. The summed E-state index contributed by atoms with van der Waals surface area (Å²) in [5.41, 5.74) is 0.791. The van der Waals surface area contributed by atoms with Gasteiger partial charge in [-0.15, -0.1) is 0 Å². The number of halogens is 1. The molecule has 1 aromatic rings. The number of hydrogen-bond donors (Lipinski definition) is 1. The summed E-state index contributed by atoms with van der Waals surface area (Å²) < 4.78 is 2.13. The van der Waals surface area contributed by atoms with Gasteiger partial charge in [-0.1, -0.05) is 6.92 Å². The number of hydrogen-bond acceptors (Lipinski definition) is 4. The number of aryl methyl sites for hydroxylation is 1. The lowest BCUT2D eigenvalue weighted by atomic mass is 10.1. The van der Waals surface area contributed by atoms with Crippen LogP contribution < -0.4 is 10.9 Å². The van der Waals surface area contributed by atoms with E-state index in [4.69, 9.17) is 0 Å². The highest BCUT2D eigenvalue weighted by molar-refractivity contribution is 9.10. The molecule has 0 aliphatic carbocycles. The van der Waals surface area contributed by atoms with E-state index in [9.17, 15) is 4.79 Å². The molecule has 2 unspecified atom stereocenters. The Labute approximate surface area is 127 Å². The molecule has 2 atom stereocenters. The molecule has 2 fully saturated rings. The van der Waals surface area contributed by atoms with Crippen molar-refractivity contribution in [2.45, 2.75) is 51.2 Å². The lowest BCUT2D eigenvalue weighted by Crippen LogP contribution is -2.34. The van der Waals surface area contributed by atoms with Gasteiger partial charge in [-0.2, -0.15) is 5.10 Å². The molecule has 3 rings (SSSR count). The molecule has 0 aromatic carbocycles. The molecule has 20 heavy (non-hydrogen) atoms. The van der Waals surface area contributed by atoms with Gasteiger partial charge in [-0.25, -0.2) is 4.68 Å². The fourth-order valence-electron chi connectivity index (χ4n) is 3.39. The summed E-state index contributed by atoms with van der Waals surface area (Å²) in [5.74, 6) is 0. The maximum Gasteiger partial charge on any atom is 0.283 e. The molecule has 2 saturated heterocycles. The topological polar surface area (TPSA) is 50.2 Å². The summed E-state index contributed by atoms with van der Waals surface area (Å²) in [7, 11) is 0. The maximum atomic E-state index is 12.2. The van der Waals surface area contributed by atoms with Crippen LogP contribution in [-0.2, 0) is 6.54 Å². The molecular formula is C14H21BrN4O. The Morgan fingerprint density at radius 1 is 1.45 bits per heavy atom. The number of nitrogens with zero attached hydrogens (tertiary/aromatic N) is 3. The van der Waals surface area contributed by atoms with Gasteiger partial charge in [0.15, 0.2) is 0 Å². The highest BCUT2D eigenvalue weighted by atomic mass is 79.9. The first kappa shape index (κ1) is 14.1. The summed E-state index contributed by atoms with van der Waals surface area (Å²) in [6.07, 6.45) is 6.38. The van der Waals surface area contributed by atoms with Crippen LogP contribution in [0.4, 0.5) is 5.69 Å². The smallest absolute Gasteiger partial charge is 0.283 e. The van der Waals surface area contributed by atoms with Gasteiger partial charge in [-0.05, 0) is 48.2 Å². The Bertz CT molecular complexity index is 544. The summed E-state index contributed by atoms with van der Waals surface area (Å²) in [5, 5.41) is 7.78. The number of anilines is 1. The molecular weight excluding hydrogens is 320 g/mol. The minimum absolute atomic E-state index is 0.0434. The number of rotatable bonds is 4. The van der Waals surface area contributed by atoms with Crippen LogP contribution in [0.25, 0.3) is 0 Å². The van der Waals surface area contributed by atoms with E-state index in [-0.39, 0.29) is 5.56 Å². The van der Waals surface area contributed by atoms with Crippen molar-refractivity contribution in [3.63, 3.8) is 0 Å². The zero-order valence-corrected chi connectivity index (χ0v) is 13.4. The highest BCUT2D eigenvalue weighted by Crippen LogP contribution is 2.31. The molecule has 3 heterocycles. The van der Waals surface area contributed by atoms with E-state index < -0.39 is 0 Å².